The van der Waals surface area contributed by atoms with E-state index in [1.807, 2.05) is 12.3 Å². The van der Waals surface area contributed by atoms with E-state index in [9.17, 15) is 0 Å². The number of hydrogen-bond donors (Lipinski definition) is 0. The molecule has 1 aliphatic rings. The molecule has 0 N–H and O–H groups in total. The van der Waals surface area contributed by atoms with Crippen LogP contribution in [0.3, 0.4) is 0 Å². The fraction of sp³-hybridized carbons (Fsp3) is 0.286. The Labute approximate surface area is 148 Å². The summed E-state index contributed by atoms with van der Waals surface area (Å²) in [6.45, 7) is 0.740. The number of ether oxygens (including phenoxy) is 1. The number of benzene rings is 2. The van der Waals surface area contributed by atoms with Crippen molar-refractivity contribution >= 4 is 5.69 Å². The first-order chi connectivity index (χ1) is 12.2. The molecule has 1 heterocycles. The molecular weight excluding hydrogens is 310 g/mol. The molecule has 0 atom stereocenters. The first-order valence-electron chi connectivity index (χ1n) is 8.75. The van der Waals surface area contributed by atoms with Crippen LogP contribution in [0.15, 0.2) is 60.8 Å². The summed E-state index contributed by atoms with van der Waals surface area (Å²) in [6.07, 6.45) is 4.61. The predicted molar refractivity (Wildman–Crippen MR) is 101 cm³/mol. The molecule has 1 aromatic heterocycles. The van der Waals surface area contributed by atoms with E-state index in [0.717, 1.165) is 23.6 Å². The van der Waals surface area contributed by atoms with Crippen molar-refractivity contribution in [1.82, 2.24) is 9.78 Å². The molecule has 0 aliphatic heterocycles. The van der Waals surface area contributed by atoms with Gasteiger partial charge in [0.15, 0.2) is 0 Å². The lowest BCUT2D eigenvalue weighted by Gasteiger charge is -2.18. The van der Waals surface area contributed by atoms with Crippen molar-refractivity contribution in [3.8, 4) is 17.0 Å². The van der Waals surface area contributed by atoms with Gasteiger partial charge < -0.3 is 9.64 Å². The largest absolute Gasteiger partial charge is 0.490 e. The van der Waals surface area contributed by atoms with Crippen molar-refractivity contribution in [2.45, 2.75) is 25.5 Å². The van der Waals surface area contributed by atoms with Crippen LogP contribution in [0.4, 0.5) is 5.69 Å². The summed E-state index contributed by atoms with van der Waals surface area (Å²) in [4.78, 5) is 2.14. The summed E-state index contributed by atoms with van der Waals surface area (Å²) in [5.74, 6) is 0.946. The van der Waals surface area contributed by atoms with Crippen LogP contribution in [0.5, 0.6) is 5.75 Å². The number of rotatable bonds is 6. The molecule has 2 aromatic carbocycles. The molecule has 128 valence electrons. The summed E-state index contributed by atoms with van der Waals surface area (Å²) in [7, 11) is 4.14. The highest BCUT2D eigenvalue weighted by Gasteiger charge is 2.23. The van der Waals surface area contributed by atoms with Gasteiger partial charge in [-0.05, 0) is 42.7 Å². The molecule has 0 unspecified atom stereocenters. The Kier molecular flexibility index (Phi) is 4.18. The lowest BCUT2D eigenvalue weighted by molar-refractivity contribution is 0.303. The Morgan fingerprint density at radius 2 is 1.92 bits per heavy atom. The van der Waals surface area contributed by atoms with Crippen LogP contribution in [0, 0.1) is 0 Å². The van der Waals surface area contributed by atoms with Gasteiger partial charge in [0.1, 0.15) is 5.75 Å². The topological polar surface area (TPSA) is 30.3 Å². The zero-order valence-electron chi connectivity index (χ0n) is 14.7. The normalized spacial score (nSPS) is 13.7. The zero-order chi connectivity index (χ0) is 17.2. The summed E-state index contributed by atoms with van der Waals surface area (Å²) >= 11 is 0. The monoisotopic (exact) mass is 333 g/mol. The Balaban J connectivity index is 1.63. The smallest absolute Gasteiger partial charge is 0.120 e. The second-order valence-corrected chi connectivity index (χ2v) is 6.74. The van der Waals surface area contributed by atoms with Crippen LogP contribution < -0.4 is 9.64 Å². The second-order valence-electron chi connectivity index (χ2n) is 6.74. The van der Waals surface area contributed by atoms with Gasteiger partial charge in [0, 0.05) is 31.5 Å². The van der Waals surface area contributed by atoms with E-state index >= 15 is 0 Å². The van der Waals surface area contributed by atoms with Gasteiger partial charge in [-0.15, -0.1) is 0 Å². The molecule has 0 spiro atoms. The molecule has 0 radical (unpaired) electrons. The third-order valence-electron chi connectivity index (χ3n) is 4.47. The van der Waals surface area contributed by atoms with Crippen molar-refractivity contribution in [2.24, 2.45) is 0 Å². The fourth-order valence-electron chi connectivity index (χ4n) is 3.05. The third-order valence-corrected chi connectivity index (χ3v) is 4.47. The summed E-state index contributed by atoms with van der Waals surface area (Å²) in [6, 6.07) is 18.8. The first-order valence-corrected chi connectivity index (χ1v) is 8.75. The average molecular weight is 333 g/mol. The van der Waals surface area contributed by atoms with Crippen LogP contribution in [0.2, 0.25) is 0 Å². The van der Waals surface area contributed by atoms with Crippen molar-refractivity contribution in [3.05, 3.63) is 66.4 Å². The SMILES string of the molecule is CN(C)c1ccccc1Cn1nccc1-c1cccc(OC2CC2)c1. The van der Waals surface area contributed by atoms with Crippen LogP contribution in [-0.2, 0) is 6.54 Å². The van der Waals surface area contributed by atoms with E-state index in [4.69, 9.17) is 4.74 Å². The summed E-state index contributed by atoms with van der Waals surface area (Å²) in [5, 5.41) is 4.55. The molecule has 1 saturated carbocycles. The molecule has 3 aromatic rings. The molecule has 1 aliphatic carbocycles. The lowest BCUT2D eigenvalue weighted by Crippen LogP contribution is -2.13. The maximum Gasteiger partial charge on any atom is 0.120 e. The molecule has 0 bridgehead atoms. The highest BCUT2D eigenvalue weighted by Crippen LogP contribution is 2.30. The van der Waals surface area contributed by atoms with E-state index in [1.165, 1.54) is 24.1 Å². The molecule has 0 saturated heterocycles. The van der Waals surface area contributed by atoms with Crippen molar-refractivity contribution in [3.63, 3.8) is 0 Å². The molecule has 0 amide bonds. The number of aromatic nitrogens is 2. The van der Waals surface area contributed by atoms with Gasteiger partial charge in [0.25, 0.3) is 0 Å². The molecule has 1 fully saturated rings. The minimum Gasteiger partial charge on any atom is -0.490 e. The highest BCUT2D eigenvalue weighted by atomic mass is 16.5. The fourth-order valence-corrected chi connectivity index (χ4v) is 3.05. The van der Waals surface area contributed by atoms with Crippen molar-refractivity contribution in [1.29, 1.82) is 0 Å². The maximum atomic E-state index is 5.94. The van der Waals surface area contributed by atoms with Crippen LogP contribution in [0.25, 0.3) is 11.3 Å². The Bertz CT molecular complexity index is 865. The number of hydrogen-bond acceptors (Lipinski definition) is 3. The number of para-hydroxylation sites is 1. The van der Waals surface area contributed by atoms with Crippen LogP contribution >= 0.6 is 0 Å². The second kappa shape index (κ2) is 6.63. The number of anilines is 1. The van der Waals surface area contributed by atoms with Crippen molar-refractivity contribution < 1.29 is 4.74 Å². The zero-order valence-corrected chi connectivity index (χ0v) is 14.7. The van der Waals surface area contributed by atoms with Gasteiger partial charge >= 0.3 is 0 Å². The van der Waals surface area contributed by atoms with Crippen molar-refractivity contribution in [2.75, 3.05) is 19.0 Å². The molecule has 4 heteroatoms. The Morgan fingerprint density at radius 3 is 2.72 bits per heavy atom. The standard InChI is InChI=1S/C21H23N3O/c1-23(2)20-9-4-3-6-17(20)15-24-21(12-13-22-24)16-7-5-8-19(14-16)25-18-10-11-18/h3-9,12-14,18H,10-11,15H2,1-2H3. The van der Waals surface area contributed by atoms with E-state index in [2.05, 4.69) is 77.3 Å². The van der Waals surface area contributed by atoms with Gasteiger partial charge in [-0.3, -0.25) is 4.68 Å². The molecule has 25 heavy (non-hydrogen) atoms. The van der Waals surface area contributed by atoms with Gasteiger partial charge in [-0.25, -0.2) is 0 Å². The molecular formula is C21H23N3O. The van der Waals surface area contributed by atoms with E-state index in [1.54, 1.807) is 0 Å². The van der Waals surface area contributed by atoms with E-state index < -0.39 is 0 Å². The predicted octanol–water partition coefficient (Wildman–Crippen LogP) is 4.21. The van der Waals surface area contributed by atoms with Gasteiger partial charge in [0.05, 0.1) is 18.3 Å². The number of nitrogens with zero attached hydrogens (tertiary/aromatic N) is 3. The Hall–Kier alpha value is -2.75. The highest BCUT2D eigenvalue weighted by molar-refractivity contribution is 5.62. The lowest BCUT2D eigenvalue weighted by atomic mass is 10.1. The molecule has 4 nitrogen and oxygen atoms in total. The minimum absolute atomic E-state index is 0.409. The average Bonchev–Trinajstić information content (AvgIpc) is 3.31. The van der Waals surface area contributed by atoms with Gasteiger partial charge in [-0.1, -0.05) is 30.3 Å². The van der Waals surface area contributed by atoms with E-state index in [-0.39, 0.29) is 0 Å². The van der Waals surface area contributed by atoms with Crippen LogP contribution in [-0.4, -0.2) is 30.0 Å². The quantitative estimate of drug-likeness (QED) is 0.677. The summed E-state index contributed by atoms with van der Waals surface area (Å²) in [5.41, 5.74) is 4.71. The molecule has 4 rings (SSSR count). The van der Waals surface area contributed by atoms with Crippen LogP contribution in [0.1, 0.15) is 18.4 Å². The Morgan fingerprint density at radius 1 is 1.08 bits per heavy atom. The van der Waals surface area contributed by atoms with Gasteiger partial charge in [0.2, 0.25) is 0 Å². The first kappa shape index (κ1) is 15.8. The van der Waals surface area contributed by atoms with Gasteiger partial charge in [-0.2, -0.15) is 5.10 Å². The minimum atomic E-state index is 0.409. The summed E-state index contributed by atoms with van der Waals surface area (Å²) < 4.78 is 7.99. The van der Waals surface area contributed by atoms with E-state index in [0.29, 0.717) is 6.10 Å². The third kappa shape index (κ3) is 3.53. The maximum absolute atomic E-state index is 5.94.